The second-order valence-electron chi connectivity index (χ2n) is 3.91. The van der Waals surface area contributed by atoms with Gasteiger partial charge in [-0.25, -0.2) is 4.79 Å². The molecule has 0 unspecified atom stereocenters. The molecule has 3 N–H and O–H groups in total. The molecule has 22 heavy (non-hydrogen) atoms. The molecular formula is C12H14Cl3N3O3S. The fourth-order valence-electron chi connectivity index (χ4n) is 1.41. The summed E-state index contributed by atoms with van der Waals surface area (Å²) in [5.74, 6) is 0.581. The minimum absolute atomic E-state index is 0.122. The third-order valence-electron chi connectivity index (χ3n) is 2.41. The van der Waals surface area contributed by atoms with Gasteiger partial charge in [0, 0.05) is 0 Å². The molecule has 0 aliphatic heterocycles. The molecule has 0 fully saturated rings. The van der Waals surface area contributed by atoms with Gasteiger partial charge in [0.2, 0.25) is 3.79 Å². The second-order valence-corrected chi connectivity index (χ2v) is 6.69. The van der Waals surface area contributed by atoms with Gasteiger partial charge in [-0.2, -0.15) is 0 Å². The number of ether oxygens (including phenoxy) is 2. The Morgan fingerprint density at radius 3 is 2.41 bits per heavy atom. The first-order valence-corrected chi connectivity index (χ1v) is 7.44. The van der Waals surface area contributed by atoms with E-state index in [1.165, 1.54) is 14.2 Å². The molecule has 0 saturated carbocycles. The van der Waals surface area contributed by atoms with Gasteiger partial charge in [0.1, 0.15) is 5.75 Å². The Labute approximate surface area is 148 Å². The number of thiocarbonyl (C=S) groups is 1. The van der Waals surface area contributed by atoms with Crippen molar-refractivity contribution in [3.63, 3.8) is 0 Å². The summed E-state index contributed by atoms with van der Waals surface area (Å²) in [5.41, 5.74) is 0.614. The minimum atomic E-state index is -1.85. The van der Waals surface area contributed by atoms with E-state index in [2.05, 4.69) is 20.7 Å². The van der Waals surface area contributed by atoms with Gasteiger partial charge in [-0.3, -0.25) is 5.32 Å². The molecule has 0 heterocycles. The molecule has 1 amide bonds. The maximum atomic E-state index is 11.3. The Morgan fingerprint density at radius 1 is 1.23 bits per heavy atom. The highest BCUT2D eigenvalue weighted by molar-refractivity contribution is 7.80. The van der Waals surface area contributed by atoms with Gasteiger partial charge in [0.05, 0.1) is 19.9 Å². The predicted molar refractivity (Wildman–Crippen MR) is 92.0 cm³/mol. The van der Waals surface area contributed by atoms with Crippen LogP contribution in [0.3, 0.4) is 0 Å². The number of carbonyl (C=O) groups is 1. The minimum Gasteiger partial charge on any atom is -0.495 e. The summed E-state index contributed by atoms with van der Waals surface area (Å²) < 4.78 is 7.80. The molecule has 0 saturated heterocycles. The van der Waals surface area contributed by atoms with Gasteiger partial charge in [0.15, 0.2) is 11.3 Å². The summed E-state index contributed by atoms with van der Waals surface area (Å²) in [6.07, 6.45) is -1.87. The number of alkyl carbamates (subject to hydrolysis) is 1. The Morgan fingerprint density at radius 2 is 1.86 bits per heavy atom. The molecule has 1 atom stereocenters. The molecule has 0 aliphatic carbocycles. The van der Waals surface area contributed by atoms with E-state index in [9.17, 15) is 4.79 Å². The summed E-state index contributed by atoms with van der Waals surface area (Å²) in [7, 11) is 2.72. The summed E-state index contributed by atoms with van der Waals surface area (Å²) in [6.45, 7) is 0. The quantitative estimate of drug-likeness (QED) is 0.420. The van der Waals surface area contributed by atoms with Crippen LogP contribution in [0, 0.1) is 0 Å². The third-order valence-corrected chi connectivity index (χ3v) is 3.28. The van der Waals surface area contributed by atoms with Crippen LogP contribution in [0.25, 0.3) is 0 Å². The maximum Gasteiger partial charge on any atom is 0.408 e. The molecule has 1 aromatic rings. The number of nitrogens with one attached hydrogen (secondary N) is 3. The number of hydrogen-bond acceptors (Lipinski definition) is 4. The van der Waals surface area contributed by atoms with Crippen molar-refractivity contribution in [2.24, 2.45) is 0 Å². The van der Waals surface area contributed by atoms with E-state index in [0.717, 1.165) is 0 Å². The first-order valence-electron chi connectivity index (χ1n) is 5.89. The molecule has 122 valence electrons. The van der Waals surface area contributed by atoms with Crippen molar-refractivity contribution in [2.45, 2.75) is 9.96 Å². The first kappa shape index (κ1) is 18.9. The zero-order valence-corrected chi connectivity index (χ0v) is 14.7. The average molecular weight is 387 g/mol. The fraction of sp³-hybridized carbons (Fsp3) is 0.333. The lowest BCUT2D eigenvalue weighted by molar-refractivity contribution is 0.166. The normalized spacial score (nSPS) is 12.0. The van der Waals surface area contributed by atoms with Crippen LogP contribution in [0.15, 0.2) is 24.3 Å². The first-order chi connectivity index (χ1) is 10.3. The van der Waals surface area contributed by atoms with Crippen LogP contribution in [0.4, 0.5) is 10.5 Å². The molecule has 0 bridgehead atoms. The van der Waals surface area contributed by atoms with Gasteiger partial charge in [0.25, 0.3) is 0 Å². The highest BCUT2D eigenvalue weighted by Crippen LogP contribution is 2.29. The molecule has 6 nitrogen and oxygen atoms in total. The number of methoxy groups -OCH3 is 2. The Balaban J connectivity index is 2.77. The number of anilines is 1. The summed E-state index contributed by atoms with van der Waals surface area (Å²) >= 11 is 22.5. The number of benzene rings is 1. The highest BCUT2D eigenvalue weighted by Gasteiger charge is 2.35. The van der Waals surface area contributed by atoms with Crippen molar-refractivity contribution < 1.29 is 14.3 Å². The number of rotatable bonds is 4. The lowest BCUT2D eigenvalue weighted by atomic mass is 10.3. The molecule has 0 aromatic heterocycles. The Hall–Kier alpha value is -1.15. The summed E-state index contributed by atoms with van der Waals surface area (Å²) in [6, 6.07) is 7.12. The van der Waals surface area contributed by atoms with E-state index in [1.807, 2.05) is 6.07 Å². The van der Waals surface area contributed by atoms with Gasteiger partial charge < -0.3 is 20.1 Å². The van der Waals surface area contributed by atoms with E-state index >= 15 is 0 Å². The highest BCUT2D eigenvalue weighted by atomic mass is 35.6. The van der Waals surface area contributed by atoms with Gasteiger partial charge in [-0.1, -0.05) is 46.9 Å². The molecule has 0 radical (unpaired) electrons. The van der Waals surface area contributed by atoms with Crippen molar-refractivity contribution in [1.29, 1.82) is 0 Å². The van der Waals surface area contributed by atoms with E-state index in [-0.39, 0.29) is 5.11 Å². The zero-order valence-electron chi connectivity index (χ0n) is 11.7. The van der Waals surface area contributed by atoms with Crippen molar-refractivity contribution >= 4 is 63.9 Å². The lowest BCUT2D eigenvalue weighted by Gasteiger charge is -2.27. The van der Waals surface area contributed by atoms with Crippen molar-refractivity contribution in [3.05, 3.63) is 24.3 Å². The van der Waals surface area contributed by atoms with Crippen molar-refractivity contribution in [1.82, 2.24) is 10.6 Å². The molecule has 10 heteroatoms. The third kappa shape index (κ3) is 5.92. The number of hydrogen-bond donors (Lipinski definition) is 3. The van der Waals surface area contributed by atoms with E-state index < -0.39 is 16.1 Å². The monoisotopic (exact) mass is 385 g/mol. The Bertz CT molecular complexity index is 540. The number of alkyl halides is 3. The SMILES string of the molecule is COC(=O)N[C@@H](NC(=S)Nc1ccccc1OC)C(Cl)(Cl)Cl. The predicted octanol–water partition coefficient (Wildman–Crippen LogP) is 3.03. The number of carbonyl (C=O) groups excluding carboxylic acids is 1. The molecule has 1 aromatic carbocycles. The topological polar surface area (TPSA) is 71.6 Å². The van der Waals surface area contributed by atoms with Crippen LogP contribution < -0.4 is 20.7 Å². The van der Waals surface area contributed by atoms with Crippen LogP contribution in [0.2, 0.25) is 0 Å². The van der Waals surface area contributed by atoms with Crippen LogP contribution in [0.1, 0.15) is 0 Å². The molecular weight excluding hydrogens is 373 g/mol. The maximum absolute atomic E-state index is 11.3. The summed E-state index contributed by atoms with van der Waals surface area (Å²) in [5, 5.41) is 8.01. The number of halogens is 3. The van der Waals surface area contributed by atoms with Crippen molar-refractivity contribution in [2.75, 3.05) is 19.5 Å². The fourth-order valence-corrected chi connectivity index (χ4v) is 1.97. The van der Waals surface area contributed by atoms with Crippen LogP contribution >= 0.6 is 47.0 Å². The van der Waals surface area contributed by atoms with Gasteiger partial charge in [-0.15, -0.1) is 0 Å². The number of para-hydroxylation sites is 2. The van der Waals surface area contributed by atoms with Crippen LogP contribution in [0.5, 0.6) is 5.75 Å². The van der Waals surface area contributed by atoms with Gasteiger partial charge >= 0.3 is 6.09 Å². The summed E-state index contributed by atoms with van der Waals surface area (Å²) in [4.78, 5) is 11.3. The van der Waals surface area contributed by atoms with Crippen LogP contribution in [-0.2, 0) is 4.74 Å². The lowest BCUT2D eigenvalue weighted by Crippen LogP contribution is -2.56. The molecule has 1 rings (SSSR count). The van der Waals surface area contributed by atoms with E-state index in [0.29, 0.717) is 11.4 Å². The average Bonchev–Trinajstić information content (AvgIpc) is 2.45. The number of amides is 1. The van der Waals surface area contributed by atoms with Crippen molar-refractivity contribution in [3.8, 4) is 5.75 Å². The van der Waals surface area contributed by atoms with E-state index in [1.54, 1.807) is 18.2 Å². The van der Waals surface area contributed by atoms with Gasteiger partial charge in [-0.05, 0) is 24.4 Å². The largest absolute Gasteiger partial charge is 0.495 e. The van der Waals surface area contributed by atoms with Crippen LogP contribution in [-0.4, -0.2) is 35.4 Å². The molecule has 0 spiro atoms. The Kier molecular flexibility index (Phi) is 7.28. The van der Waals surface area contributed by atoms with E-state index in [4.69, 9.17) is 51.8 Å². The zero-order chi connectivity index (χ0) is 16.8. The standard InChI is InChI=1S/C12H14Cl3N3O3S/c1-20-8-6-4-3-5-7(8)16-10(22)17-9(12(13,14)15)18-11(19)21-2/h3-6,9H,1-2H3,(H,18,19)(H2,16,17,22)/t9-/m1/s1. The second kappa shape index (κ2) is 8.47. The smallest absolute Gasteiger partial charge is 0.408 e. The molecule has 0 aliphatic rings.